The van der Waals surface area contributed by atoms with Crippen LogP contribution in [0.3, 0.4) is 0 Å². The summed E-state index contributed by atoms with van der Waals surface area (Å²) in [7, 11) is 0. The zero-order chi connectivity index (χ0) is 18.0. The van der Waals surface area contributed by atoms with Crippen LogP contribution in [0.5, 0.6) is 0 Å². The first-order valence-electron chi connectivity index (χ1n) is 6.86. The molecule has 20 heavy (non-hydrogen) atoms. The Balaban J connectivity index is -0.0000000853. The van der Waals surface area contributed by atoms with Gasteiger partial charge in [0, 0.05) is 0 Å². The summed E-state index contributed by atoms with van der Waals surface area (Å²) in [4.78, 5) is 0. The topological polar surface area (TPSA) is 69.2 Å². The van der Waals surface area contributed by atoms with Gasteiger partial charge in [0.15, 0.2) is 0 Å². The van der Waals surface area contributed by atoms with Crippen LogP contribution in [-0.4, -0.2) is 39.3 Å². The monoisotopic (exact) mass is 396 g/mol. The van der Waals surface area contributed by atoms with Crippen molar-refractivity contribution in [2.24, 2.45) is 0 Å². The Morgan fingerprint density at radius 1 is 0.450 bits per heavy atom. The van der Waals surface area contributed by atoms with Crippen LogP contribution in [0, 0.1) is 0 Å². The number of rotatable bonds is 0. The summed E-state index contributed by atoms with van der Waals surface area (Å²) in [5.74, 6) is 0. The Hall–Kier alpha value is 0.679. The second-order valence-electron chi connectivity index (χ2n) is 8.59. The molecule has 0 N–H and O–H groups in total. The fourth-order valence-electron chi connectivity index (χ4n) is 0. The van der Waals surface area contributed by atoms with E-state index in [0.29, 0.717) is 3.43 Å². The second-order valence-corrected chi connectivity index (χ2v) is 12.9. The van der Waals surface area contributed by atoms with Crippen molar-refractivity contribution in [3.63, 3.8) is 0 Å². The average molecular weight is 395 g/mol. The maximum atomic E-state index is 10.1. The van der Waals surface area contributed by atoms with Gasteiger partial charge in [-0.25, -0.2) is 0 Å². The van der Waals surface area contributed by atoms with Gasteiger partial charge >= 0.3 is 46.7 Å². The zero-order valence-corrected chi connectivity index (χ0v) is 18.6. The van der Waals surface area contributed by atoms with Crippen LogP contribution in [-0.2, 0) is 0 Å². The van der Waals surface area contributed by atoms with Crippen LogP contribution in [0.15, 0.2) is 0 Å². The Kier molecular flexibility index (Phi) is 16.2. The number of hydrogen-bond acceptors (Lipinski definition) is 3. The van der Waals surface area contributed by atoms with E-state index in [4.69, 9.17) is 0 Å². The molecule has 0 saturated heterocycles. The molecule has 0 radical (unpaired) electrons. The van der Waals surface area contributed by atoms with Gasteiger partial charge in [0.05, 0.1) is 0 Å². The summed E-state index contributed by atoms with van der Waals surface area (Å²) in [6.07, 6.45) is 0. The van der Waals surface area contributed by atoms with Gasteiger partial charge in [-0.2, -0.15) is 0 Å². The molecule has 0 saturated carbocycles. The van der Waals surface area contributed by atoms with Crippen LogP contribution in [0.4, 0.5) is 0 Å². The van der Waals surface area contributed by atoms with Crippen molar-refractivity contribution in [2.45, 2.75) is 103 Å². The molecule has 0 aliphatic carbocycles. The van der Waals surface area contributed by atoms with Gasteiger partial charge < -0.3 is 15.3 Å². The molecule has 0 fully saturated rings. The van der Waals surface area contributed by atoms with Gasteiger partial charge in [-0.15, -0.1) is 16.8 Å². The Bertz CT molecular complexity index is 128. The first-order chi connectivity index (χ1) is 8.00. The summed E-state index contributed by atoms with van der Waals surface area (Å²) in [6.45, 7) is 21.4. The third-order valence-electron chi connectivity index (χ3n) is 0. The van der Waals surface area contributed by atoms with E-state index in [9.17, 15) is 15.3 Å². The molecule has 0 rings (SSSR count). The molecule has 3 nitrogen and oxygen atoms in total. The van der Waals surface area contributed by atoms with Crippen molar-refractivity contribution >= 4 is 22.5 Å². The molecule has 122 valence electrons. The van der Waals surface area contributed by atoms with E-state index in [2.05, 4.69) is 20.8 Å². The molecule has 0 unspecified atom stereocenters. The van der Waals surface area contributed by atoms with Crippen molar-refractivity contribution in [3.05, 3.63) is 0 Å². The zero-order valence-electron chi connectivity index (χ0n) is 15.7. The predicted octanol–water partition coefficient (Wildman–Crippen LogP) is 1.81. The van der Waals surface area contributed by atoms with Crippen LogP contribution >= 0.6 is 0 Å². The van der Waals surface area contributed by atoms with Gasteiger partial charge in [0.1, 0.15) is 0 Å². The quantitative estimate of drug-likeness (QED) is 0.588. The van der Waals surface area contributed by atoms with Crippen molar-refractivity contribution in [1.29, 1.82) is 0 Å². The van der Waals surface area contributed by atoms with E-state index in [1.54, 1.807) is 84.8 Å². The van der Waals surface area contributed by atoms with Crippen molar-refractivity contribution in [1.82, 2.24) is 0 Å². The minimum absolute atomic E-state index is 0.590. The van der Waals surface area contributed by atoms with E-state index in [-0.39, 0.29) is 0 Å². The van der Waals surface area contributed by atoms with Crippen LogP contribution in [0.25, 0.3) is 0 Å². The molecule has 0 spiro atoms. The summed E-state index contributed by atoms with van der Waals surface area (Å²) >= 11 is 1.62. The minimum atomic E-state index is -0.750. The van der Waals surface area contributed by atoms with E-state index < -0.39 is 16.8 Å². The molecular formula is C16H36O3Sn. The average Bonchev–Trinajstić information content (AvgIpc) is 1.62. The van der Waals surface area contributed by atoms with Gasteiger partial charge in [-0.1, -0.05) is 62.3 Å². The van der Waals surface area contributed by atoms with Crippen molar-refractivity contribution < 1.29 is 15.3 Å². The molecule has 4 heteroatoms. The van der Waals surface area contributed by atoms with Crippen molar-refractivity contribution in [3.8, 4) is 0 Å². The Morgan fingerprint density at radius 3 is 0.450 bits per heavy atom. The molecule has 0 heterocycles. The Morgan fingerprint density at radius 2 is 0.450 bits per heavy atom. The van der Waals surface area contributed by atoms with E-state index in [0.717, 1.165) is 0 Å². The SMILES string of the molecule is CC(C)(C)[O-].CC(C)(C)[O-].CC(C)(C)[O-].C[C](C)(C)[Sn+3]. The molecule has 0 aliphatic heterocycles. The standard InChI is InChI=1S/3C4H9O.C4H9.Sn/c3*1-4(2,3)5;1-4(2)3;/h3*1-3H3;1-3H3;/q3*-1;;+3. The van der Waals surface area contributed by atoms with E-state index in [1.165, 1.54) is 0 Å². The second kappa shape index (κ2) is 11.3. The summed E-state index contributed by atoms with van der Waals surface area (Å²) in [5.41, 5.74) is -2.25. The summed E-state index contributed by atoms with van der Waals surface area (Å²) in [6, 6.07) is 0. The van der Waals surface area contributed by atoms with Crippen LogP contribution in [0.2, 0.25) is 3.43 Å². The molecular weight excluding hydrogens is 359 g/mol. The molecule has 0 bridgehead atoms. The molecule has 0 aromatic rings. The fourth-order valence-corrected chi connectivity index (χ4v) is 0. The summed E-state index contributed by atoms with van der Waals surface area (Å²) < 4.78 is 0.590. The van der Waals surface area contributed by atoms with Gasteiger partial charge in [-0.05, 0) is 0 Å². The Labute approximate surface area is 141 Å². The molecule has 0 aromatic carbocycles. The molecule has 0 aromatic heterocycles. The molecule has 0 amide bonds. The van der Waals surface area contributed by atoms with Crippen LogP contribution < -0.4 is 15.3 Å². The maximum absolute atomic E-state index is 10.1. The van der Waals surface area contributed by atoms with Gasteiger partial charge in [0.2, 0.25) is 0 Å². The van der Waals surface area contributed by atoms with E-state index >= 15 is 0 Å². The molecule has 0 atom stereocenters. The van der Waals surface area contributed by atoms with Gasteiger partial charge in [-0.3, -0.25) is 0 Å². The number of hydrogen-bond donors (Lipinski definition) is 0. The first-order valence-corrected chi connectivity index (χ1v) is 8.29. The normalized spacial score (nSPS) is 12.1. The third kappa shape index (κ3) is 12700. The fraction of sp³-hybridized carbons (Fsp3) is 1.00. The predicted molar refractivity (Wildman–Crippen MR) is 84.7 cm³/mol. The summed E-state index contributed by atoms with van der Waals surface area (Å²) in [5, 5.41) is 30.3. The molecule has 0 aliphatic rings. The third-order valence-corrected chi connectivity index (χ3v) is 0. The van der Waals surface area contributed by atoms with Crippen molar-refractivity contribution in [2.75, 3.05) is 0 Å². The van der Waals surface area contributed by atoms with E-state index in [1.807, 2.05) is 0 Å². The van der Waals surface area contributed by atoms with Gasteiger partial charge in [0.25, 0.3) is 0 Å². The van der Waals surface area contributed by atoms with Crippen LogP contribution in [0.1, 0.15) is 83.1 Å². The first kappa shape index (κ1) is 28.8.